The number of aromatic nitrogens is 2. The summed E-state index contributed by atoms with van der Waals surface area (Å²) in [5.41, 5.74) is 1.33. The van der Waals surface area contributed by atoms with Gasteiger partial charge in [-0.25, -0.2) is 4.98 Å². The van der Waals surface area contributed by atoms with Crippen LogP contribution in [0.1, 0.15) is 35.9 Å². The number of nitrogens with zero attached hydrogens (tertiary/aromatic N) is 3. The second-order valence-corrected chi connectivity index (χ2v) is 4.53. The molecule has 0 fully saturated rings. The molecule has 0 radical (unpaired) electrons. The summed E-state index contributed by atoms with van der Waals surface area (Å²) >= 11 is 1.28. The number of hydrogen-bond donors (Lipinski definition) is 1. The fourth-order valence-electron chi connectivity index (χ4n) is 1.43. The van der Waals surface area contributed by atoms with Crippen LogP contribution in [0, 0.1) is 25.2 Å². The zero-order valence-corrected chi connectivity index (χ0v) is 10.6. The first-order valence-electron chi connectivity index (χ1n) is 5.17. The highest BCUT2D eigenvalue weighted by Crippen LogP contribution is 2.27. The summed E-state index contributed by atoms with van der Waals surface area (Å²) < 4.78 is 9.57. The van der Waals surface area contributed by atoms with Crippen molar-refractivity contribution >= 4 is 16.5 Å². The number of nitrogens with one attached hydrogen (secondary N) is 1. The Morgan fingerprint density at radius 3 is 2.88 bits per heavy atom. The van der Waals surface area contributed by atoms with Crippen molar-refractivity contribution in [3.8, 4) is 6.07 Å². The summed E-state index contributed by atoms with van der Waals surface area (Å²) in [5.74, 6) is 1.38. The molecular weight excluding hydrogens is 236 g/mol. The van der Waals surface area contributed by atoms with E-state index in [0.717, 1.165) is 16.5 Å². The first kappa shape index (κ1) is 11.6. The number of oxazole rings is 1. The zero-order chi connectivity index (χ0) is 12.4. The van der Waals surface area contributed by atoms with Crippen LogP contribution in [-0.4, -0.2) is 9.36 Å². The first-order chi connectivity index (χ1) is 8.11. The second-order valence-electron chi connectivity index (χ2n) is 3.76. The predicted molar refractivity (Wildman–Crippen MR) is 64.8 cm³/mol. The molecule has 6 heteroatoms. The molecule has 88 valence electrons. The van der Waals surface area contributed by atoms with Gasteiger partial charge in [0.15, 0.2) is 0 Å². The Balaban J connectivity index is 2.19. The molecule has 2 rings (SSSR count). The molecule has 2 aromatic heterocycles. The monoisotopic (exact) mass is 248 g/mol. The van der Waals surface area contributed by atoms with E-state index >= 15 is 0 Å². The lowest BCUT2D eigenvalue weighted by atomic mass is 10.2. The van der Waals surface area contributed by atoms with Gasteiger partial charge in [0.25, 0.3) is 0 Å². The summed E-state index contributed by atoms with van der Waals surface area (Å²) in [5, 5.41) is 13.0. The number of aryl methyl sites for hydroxylation is 2. The van der Waals surface area contributed by atoms with Crippen LogP contribution in [-0.2, 0) is 0 Å². The van der Waals surface area contributed by atoms with E-state index in [-0.39, 0.29) is 6.04 Å². The number of rotatable bonds is 3. The second kappa shape index (κ2) is 4.55. The Kier molecular flexibility index (Phi) is 3.11. The third-order valence-electron chi connectivity index (χ3n) is 2.33. The molecule has 0 saturated heterocycles. The molecule has 1 unspecified atom stereocenters. The first-order valence-corrected chi connectivity index (χ1v) is 5.94. The van der Waals surface area contributed by atoms with Gasteiger partial charge in [-0.1, -0.05) is 0 Å². The number of nitriles is 1. The van der Waals surface area contributed by atoms with Gasteiger partial charge in [-0.15, -0.1) is 0 Å². The molecular formula is C11H12N4OS. The zero-order valence-electron chi connectivity index (χ0n) is 9.81. The largest absolute Gasteiger partial charge is 0.444 e. The van der Waals surface area contributed by atoms with Gasteiger partial charge in [-0.2, -0.15) is 9.64 Å². The van der Waals surface area contributed by atoms with Gasteiger partial charge in [0.1, 0.15) is 28.4 Å². The molecule has 1 atom stereocenters. The minimum Gasteiger partial charge on any atom is -0.444 e. The summed E-state index contributed by atoms with van der Waals surface area (Å²) in [6.45, 7) is 5.60. The van der Waals surface area contributed by atoms with Crippen LogP contribution in [0.4, 0.5) is 5.00 Å². The normalized spacial score (nSPS) is 12.1. The van der Waals surface area contributed by atoms with Crippen LogP contribution in [0.2, 0.25) is 0 Å². The van der Waals surface area contributed by atoms with Crippen LogP contribution in [0.5, 0.6) is 0 Å². The van der Waals surface area contributed by atoms with E-state index in [2.05, 4.69) is 20.7 Å². The fourth-order valence-corrected chi connectivity index (χ4v) is 2.26. The van der Waals surface area contributed by atoms with Crippen molar-refractivity contribution in [2.75, 3.05) is 5.32 Å². The van der Waals surface area contributed by atoms with E-state index in [0.29, 0.717) is 11.5 Å². The molecule has 0 spiro atoms. The van der Waals surface area contributed by atoms with E-state index in [1.165, 1.54) is 11.5 Å². The van der Waals surface area contributed by atoms with Crippen molar-refractivity contribution in [1.82, 2.24) is 9.36 Å². The Morgan fingerprint density at radius 2 is 2.29 bits per heavy atom. The SMILES string of the molecule is Cc1cnc(C(C)Nc2snc(C)c2C#N)o1. The molecule has 0 amide bonds. The van der Waals surface area contributed by atoms with Gasteiger partial charge in [0.05, 0.1) is 11.9 Å². The topological polar surface area (TPSA) is 74.7 Å². The van der Waals surface area contributed by atoms with Gasteiger partial charge in [-0.3, -0.25) is 0 Å². The van der Waals surface area contributed by atoms with E-state index in [1.807, 2.05) is 20.8 Å². The smallest absolute Gasteiger partial charge is 0.216 e. The maximum Gasteiger partial charge on any atom is 0.216 e. The Bertz CT molecular complexity index is 566. The molecule has 0 bridgehead atoms. The van der Waals surface area contributed by atoms with Crippen molar-refractivity contribution in [2.45, 2.75) is 26.8 Å². The van der Waals surface area contributed by atoms with Gasteiger partial charge >= 0.3 is 0 Å². The molecule has 5 nitrogen and oxygen atoms in total. The molecule has 2 aromatic rings. The van der Waals surface area contributed by atoms with Gasteiger partial charge in [-0.05, 0) is 32.3 Å². The van der Waals surface area contributed by atoms with E-state index in [9.17, 15) is 0 Å². The lowest BCUT2D eigenvalue weighted by Gasteiger charge is -2.09. The maximum atomic E-state index is 9.01. The lowest BCUT2D eigenvalue weighted by Crippen LogP contribution is -2.06. The molecule has 0 aliphatic rings. The maximum absolute atomic E-state index is 9.01. The summed E-state index contributed by atoms with van der Waals surface area (Å²) in [7, 11) is 0. The van der Waals surface area contributed by atoms with Gasteiger partial charge in [0, 0.05) is 0 Å². The predicted octanol–water partition coefficient (Wildman–Crippen LogP) is 2.79. The Morgan fingerprint density at radius 1 is 1.53 bits per heavy atom. The third-order valence-corrected chi connectivity index (χ3v) is 3.20. The molecule has 2 heterocycles. The molecule has 0 aromatic carbocycles. The van der Waals surface area contributed by atoms with Gasteiger partial charge in [0.2, 0.25) is 5.89 Å². The van der Waals surface area contributed by atoms with Crippen LogP contribution < -0.4 is 5.32 Å². The van der Waals surface area contributed by atoms with Crippen LogP contribution in [0.15, 0.2) is 10.6 Å². The lowest BCUT2D eigenvalue weighted by molar-refractivity contribution is 0.454. The summed E-state index contributed by atoms with van der Waals surface area (Å²) in [6.07, 6.45) is 1.68. The van der Waals surface area contributed by atoms with Crippen molar-refractivity contribution in [3.63, 3.8) is 0 Å². The highest BCUT2D eigenvalue weighted by Gasteiger charge is 2.16. The van der Waals surface area contributed by atoms with Gasteiger partial charge < -0.3 is 9.73 Å². The molecule has 0 aliphatic carbocycles. The number of anilines is 1. The Labute approximate surface area is 103 Å². The molecule has 0 saturated carbocycles. The van der Waals surface area contributed by atoms with Crippen LogP contribution >= 0.6 is 11.5 Å². The highest BCUT2D eigenvalue weighted by atomic mass is 32.1. The minimum absolute atomic E-state index is 0.0874. The average molecular weight is 248 g/mol. The number of hydrogen-bond acceptors (Lipinski definition) is 6. The summed E-state index contributed by atoms with van der Waals surface area (Å²) in [6, 6.07) is 2.05. The third kappa shape index (κ3) is 2.29. The molecule has 1 N–H and O–H groups in total. The summed E-state index contributed by atoms with van der Waals surface area (Å²) in [4.78, 5) is 4.15. The van der Waals surface area contributed by atoms with Crippen molar-refractivity contribution in [3.05, 3.63) is 29.1 Å². The fraction of sp³-hybridized carbons (Fsp3) is 0.364. The molecule has 0 aliphatic heterocycles. The molecule has 17 heavy (non-hydrogen) atoms. The van der Waals surface area contributed by atoms with Crippen molar-refractivity contribution in [1.29, 1.82) is 5.26 Å². The average Bonchev–Trinajstić information content (AvgIpc) is 2.86. The quantitative estimate of drug-likeness (QED) is 0.904. The van der Waals surface area contributed by atoms with Crippen molar-refractivity contribution in [2.24, 2.45) is 0 Å². The van der Waals surface area contributed by atoms with E-state index in [1.54, 1.807) is 6.20 Å². The van der Waals surface area contributed by atoms with Crippen LogP contribution in [0.25, 0.3) is 0 Å². The standard InChI is InChI=1S/C11H12N4OS/c1-6-5-13-10(16-6)8(3)14-11-9(4-12)7(2)15-17-11/h5,8,14H,1-3H3. The Hall–Kier alpha value is -1.87. The van der Waals surface area contributed by atoms with Crippen LogP contribution in [0.3, 0.4) is 0 Å². The highest BCUT2D eigenvalue weighted by molar-refractivity contribution is 7.10. The van der Waals surface area contributed by atoms with E-state index in [4.69, 9.17) is 9.68 Å². The minimum atomic E-state index is -0.0874. The van der Waals surface area contributed by atoms with Crippen molar-refractivity contribution < 1.29 is 4.42 Å². The van der Waals surface area contributed by atoms with E-state index < -0.39 is 0 Å².